The lowest BCUT2D eigenvalue weighted by Crippen LogP contribution is -2.29. The Bertz CT molecular complexity index is 593. The van der Waals surface area contributed by atoms with Crippen LogP contribution in [-0.4, -0.2) is 31.7 Å². The Labute approximate surface area is 230 Å². The number of carbonyl (C=O) groups excluding carboxylic acids is 1. The third-order valence-corrected chi connectivity index (χ3v) is 7.54. The molecule has 37 heavy (non-hydrogen) atoms. The monoisotopic (exact) mass is 548 g/mol. The average molecular weight is 549 g/mol. The number of esters is 1. The van der Waals surface area contributed by atoms with E-state index in [2.05, 4.69) is 18.0 Å². The molecule has 0 aromatic rings. The van der Waals surface area contributed by atoms with Crippen molar-refractivity contribution in [2.24, 2.45) is 0 Å². The molecule has 0 rings (SSSR count). The van der Waals surface area contributed by atoms with Gasteiger partial charge in [0.05, 0.1) is 6.61 Å². The van der Waals surface area contributed by atoms with Crippen LogP contribution in [0.2, 0.25) is 0 Å². The Balaban J connectivity index is 3.50. The zero-order valence-corrected chi connectivity index (χ0v) is 25.2. The van der Waals surface area contributed by atoms with Crippen molar-refractivity contribution in [1.29, 1.82) is 0 Å². The molecule has 0 radical (unpaired) electrons. The van der Waals surface area contributed by atoms with E-state index >= 15 is 0 Å². The van der Waals surface area contributed by atoms with Gasteiger partial charge in [-0.15, -0.1) is 0 Å². The molecule has 0 fully saturated rings. The fraction of sp³-hybridized carbons (Fsp3) is 0.967. The van der Waals surface area contributed by atoms with Gasteiger partial charge in [0.25, 0.3) is 0 Å². The van der Waals surface area contributed by atoms with Gasteiger partial charge >= 0.3 is 16.4 Å². The molecule has 7 heteroatoms. The summed E-state index contributed by atoms with van der Waals surface area (Å²) >= 11 is 0. The molecule has 0 aromatic heterocycles. The topological polar surface area (TPSA) is 89.9 Å². The lowest BCUT2D eigenvalue weighted by Gasteiger charge is -2.14. The van der Waals surface area contributed by atoms with Crippen molar-refractivity contribution in [3.63, 3.8) is 0 Å². The van der Waals surface area contributed by atoms with Crippen LogP contribution in [0.5, 0.6) is 0 Å². The summed E-state index contributed by atoms with van der Waals surface area (Å²) in [5.41, 5.74) is 0. The smallest absolute Gasteiger partial charge is 0.398 e. The molecule has 0 saturated heterocycles. The molecule has 0 amide bonds. The van der Waals surface area contributed by atoms with Gasteiger partial charge in [-0.2, -0.15) is 8.42 Å². The fourth-order valence-corrected chi connectivity index (χ4v) is 5.20. The van der Waals surface area contributed by atoms with Crippen LogP contribution in [0.4, 0.5) is 0 Å². The van der Waals surface area contributed by atoms with Gasteiger partial charge < -0.3 is 4.74 Å². The number of hydrogen-bond acceptors (Lipinski definition) is 5. The number of hydrogen-bond donors (Lipinski definition) is 1. The van der Waals surface area contributed by atoms with E-state index in [1.165, 1.54) is 109 Å². The van der Waals surface area contributed by atoms with Crippen molar-refractivity contribution in [3.05, 3.63) is 0 Å². The molecule has 6 nitrogen and oxygen atoms in total. The van der Waals surface area contributed by atoms with Gasteiger partial charge in [0.2, 0.25) is 0 Å². The van der Waals surface area contributed by atoms with E-state index in [-0.39, 0.29) is 13.0 Å². The van der Waals surface area contributed by atoms with Crippen LogP contribution >= 0.6 is 0 Å². The summed E-state index contributed by atoms with van der Waals surface area (Å²) in [4.78, 5) is 12.2. The van der Waals surface area contributed by atoms with Crippen LogP contribution < -0.4 is 0 Å². The molecule has 0 saturated carbocycles. The third-order valence-electron chi connectivity index (χ3n) is 7.06. The minimum Gasteiger partial charge on any atom is -0.464 e. The predicted octanol–water partition coefficient (Wildman–Crippen LogP) is 9.51. The van der Waals surface area contributed by atoms with Crippen molar-refractivity contribution in [2.75, 3.05) is 6.61 Å². The van der Waals surface area contributed by atoms with Gasteiger partial charge in [-0.05, 0) is 12.8 Å². The molecule has 0 aliphatic heterocycles. The van der Waals surface area contributed by atoms with Crippen molar-refractivity contribution in [3.8, 4) is 0 Å². The number of unbranched alkanes of at least 4 members (excludes halogenated alkanes) is 22. The Hall–Kier alpha value is -0.660. The standard InChI is InChI=1S/C30H60O6S/c1-3-5-7-9-10-11-12-13-14-15-16-17-18-19-20-21-22-23-24-26-28-35-30(31)29(36-37(32,33)34)27-25-8-6-4-2/h29H,3-28H2,1-2H3,(H,32,33,34). The highest BCUT2D eigenvalue weighted by Gasteiger charge is 2.26. The highest BCUT2D eigenvalue weighted by molar-refractivity contribution is 7.80. The zero-order valence-electron chi connectivity index (χ0n) is 24.4. The molecule has 0 heterocycles. The first-order valence-electron chi connectivity index (χ1n) is 15.7. The molecule has 1 unspecified atom stereocenters. The van der Waals surface area contributed by atoms with Crippen molar-refractivity contribution >= 4 is 16.4 Å². The molecular formula is C30H60O6S. The largest absolute Gasteiger partial charge is 0.464 e. The van der Waals surface area contributed by atoms with Gasteiger partial charge in [-0.1, -0.05) is 162 Å². The normalized spacial score (nSPS) is 12.6. The lowest BCUT2D eigenvalue weighted by molar-refractivity contribution is -0.152. The maximum Gasteiger partial charge on any atom is 0.398 e. The molecule has 1 atom stereocenters. The first-order valence-corrected chi connectivity index (χ1v) is 17.1. The summed E-state index contributed by atoms with van der Waals surface area (Å²) in [6.07, 6.45) is 28.8. The lowest BCUT2D eigenvalue weighted by atomic mass is 10.0. The summed E-state index contributed by atoms with van der Waals surface area (Å²) in [6, 6.07) is 0. The number of ether oxygens (including phenoxy) is 1. The Morgan fingerprint density at radius 3 is 1.24 bits per heavy atom. The quantitative estimate of drug-likeness (QED) is 0.0568. The van der Waals surface area contributed by atoms with Gasteiger partial charge in [-0.3, -0.25) is 4.55 Å². The Kier molecular flexibility index (Phi) is 26.4. The predicted molar refractivity (Wildman–Crippen MR) is 154 cm³/mol. The van der Waals surface area contributed by atoms with Crippen LogP contribution in [0.15, 0.2) is 0 Å². The second-order valence-corrected chi connectivity index (χ2v) is 11.8. The van der Waals surface area contributed by atoms with Crippen LogP contribution in [-0.2, 0) is 24.1 Å². The summed E-state index contributed by atoms with van der Waals surface area (Å²) in [5.74, 6) is -0.702. The van der Waals surface area contributed by atoms with E-state index in [1.54, 1.807) is 0 Å². The molecule has 0 aliphatic rings. The minimum atomic E-state index is -4.68. The summed E-state index contributed by atoms with van der Waals surface area (Å²) in [5, 5.41) is 0. The van der Waals surface area contributed by atoms with E-state index in [9.17, 15) is 13.2 Å². The van der Waals surface area contributed by atoms with E-state index in [0.717, 1.165) is 38.5 Å². The second-order valence-electron chi connectivity index (χ2n) is 10.7. The molecule has 222 valence electrons. The van der Waals surface area contributed by atoms with E-state index < -0.39 is 22.5 Å². The molecule has 0 spiro atoms. The first kappa shape index (κ1) is 36.3. The van der Waals surface area contributed by atoms with Crippen molar-refractivity contribution in [2.45, 2.75) is 180 Å². The van der Waals surface area contributed by atoms with Crippen LogP contribution in [0.1, 0.15) is 174 Å². The van der Waals surface area contributed by atoms with Crippen LogP contribution in [0, 0.1) is 0 Å². The highest BCUT2D eigenvalue weighted by Crippen LogP contribution is 2.16. The number of rotatable bonds is 29. The van der Waals surface area contributed by atoms with Gasteiger partial charge in [0.1, 0.15) is 0 Å². The zero-order chi connectivity index (χ0) is 27.5. The molecule has 1 N–H and O–H groups in total. The Morgan fingerprint density at radius 1 is 0.568 bits per heavy atom. The van der Waals surface area contributed by atoms with Gasteiger partial charge in [0.15, 0.2) is 6.10 Å². The molecular weight excluding hydrogens is 488 g/mol. The maximum absolute atomic E-state index is 12.2. The van der Waals surface area contributed by atoms with Gasteiger partial charge in [0, 0.05) is 0 Å². The Morgan fingerprint density at radius 2 is 0.892 bits per heavy atom. The highest BCUT2D eigenvalue weighted by atomic mass is 32.3. The minimum absolute atomic E-state index is 0.234. The summed E-state index contributed by atoms with van der Waals surface area (Å²) in [7, 11) is -4.68. The van der Waals surface area contributed by atoms with Crippen molar-refractivity contribution < 1.29 is 26.7 Å². The fourth-order valence-electron chi connectivity index (χ4n) is 4.73. The SMILES string of the molecule is CCCCCCCCCCCCCCCCCCCCCCOC(=O)C(CCCCCC)OS(=O)(=O)O. The van der Waals surface area contributed by atoms with E-state index in [4.69, 9.17) is 9.29 Å². The maximum atomic E-state index is 12.2. The van der Waals surface area contributed by atoms with E-state index in [0.29, 0.717) is 6.42 Å². The molecule has 0 bridgehead atoms. The number of carbonyl (C=O) groups is 1. The van der Waals surface area contributed by atoms with Crippen LogP contribution in [0.25, 0.3) is 0 Å². The van der Waals surface area contributed by atoms with Crippen LogP contribution in [0.3, 0.4) is 0 Å². The molecule has 0 aromatic carbocycles. The second kappa shape index (κ2) is 26.9. The van der Waals surface area contributed by atoms with Crippen molar-refractivity contribution in [1.82, 2.24) is 0 Å². The third kappa shape index (κ3) is 28.2. The van der Waals surface area contributed by atoms with E-state index in [1.807, 2.05) is 0 Å². The average Bonchev–Trinajstić information content (AvgIpc) is 2.86. The summed E-state index contributed by atoms with van der Waals surface area (Å²) < 4.78 is 40.7. The van der Waals surface area contributed by atoms with Gasteiger partial charge in [-0.25, -0.2) is 8.98 Å². The molecule has 0 aliphatic carbocycles. The first-order chi connectivity index (χ1) is 17.9. The summed E-state index contributed by atoms with van der Waals surface area (Å²) in [6.45, 7) is 4.61.